The summed E-state index contributed by atoms with van der Waals surface area (Å²) in [6, 6.07) is 12.3. The number of nitrogens with one attached hydrogen (secondary N) is 2. The third-order valence-electron chi connectivity index (χ3n) is 15.9. The highest BCUT2D eigenvalue weighted by molar-refractivity contribution is 5.95. The van der Waals surface area contributed by atoms with Crippen LogP contribution in [0.5, 0.6) is 0 Å². The Balaban J connectivity index is 1.05. The summed E-state index contributed by atoms with van der Waals surface area (Å²) in [6.07, 6.45) is 14.7. The first kappa shape index (κ1) is 43.5. The molecule has 16 nitrogen and oxygen atoms in total. The van der Waals surface area contributed by atoms with Gasteiger partial charge < -0.3 is 19.0 Å². The smallest absolute Gasteiger partial charge is 0.324 e. The van der Waals surface area contributed by atoms with E-state index in [1.54, 1.807) is 18.7 Å². The van der Waals surface area contributed by atoms with Crippen LogP contribution in [-0.2, 0) is 25.5 Å². The number of esters is 1. The van der Waals surface area contributed by atoms with E-state index in [0.29, 0.717) is 50.5 Å². The van der Waals surface area contributed by atoms with Gasteiger partial charge in [-0.3, -0.25) is 34.2 Å². The topological polar surface area (TPSA) is 188 Å². The lowest BCUT2D eigenvalue weighted by Gasteiger charge is -2.55. The quantitative estimate of drug-likeness (QED) is 0.190. The zero-order chi connectivity index (χ0) is 46.2. The van der Waals surface area contributed by atoms with Gasteiger partial charge in [0.25, 0.3) is 5.91 Å². The van der Waals surface area contributed by atoms with Crippen molar-refractivity contribution in [3.8, 4) is 28.6 Å². The van der Waals surface area contributed by atoms with Gasteiger partial charge in [-0.15, -0.1) is 0 Å². The number of aromatic nitrogens is 5. The van der Waals surface area contributed by atoms with Crippen LogP contribution in [0, 0.1) is 34.5 Å². The molecule has 2 saturated carbocycles. The molecular weight excluding hydrogens is 847 g/mol. The van der Waals surface area contributed by atoms with Crippen LogP contribution >= 0.6 is 0 Å². The second-order valence-corrected chi connectivity index (χ2v) is 20.9. The van der Waals surface area contributed by atoms with E-state index in [9.17, 15) is 14.9 Å². The molecule has 3 saturated heterocycles. The number of benzene rings is 1. The molecule has 2 amide bonds. The predicted molar refractivity (Wildman–Crippen MR) is 247 cm³/mol. The van der Waals surface area contributed by atoms with Crippen LogP contribution in [0.1, 0.15) is 101 Å². The molecule has 11 rings (SSSR count). The van der Waals surface area contributed by atoms with Crippen LogP contribution in [0.3, 0.4) is 0 Å². The highest BCUT2D eigenvalue weighted by Crippen LogP contribution is 2.53. The minimum atomic E-state index is -1.12. The number of oxazole rings is 1. The number of cyclic esters (lactones) is 1. The molecule has 4 aliphatic heterocycles. The van der Waals surface area contributed by atoms with Gasteiger partial charge in [0.2, 0.25) is 11.8 Å². The Labute approximate surface area is 390 Å². The fraction of sp³-hybridized carbons (Fsp3) is 0.529. The van der Waals surface area contributed by atoms with Crippen LogP contribution in [0.2, 0.25) is 0 Å². The zero-order valence-electron chi connectivity index (χ0n) is 38.7. The lowest BCUT2D eigenvalue weighted by Crippen LogP contribution is -2.70. The van der Waals surface area contributed by atoms with Gasteiger partial charge in [0, 0.05) is 101 Å². The second kappa shape index (κ2) is 16.9. The maximum atomic E-state index is 15.3. The fourth-order valence-electron chi connectivity index (χ4n) is 12.2. The van der Waals surface area contributed by atoms with Crippen molar-refractivity contribution in [2.24, 2.45) is 23.2 Å². The second-order valence-electron chi connectivity index (χ2n) is 20.9. The number of ether oxygens (including phenoxy) is 1. The molecule has 4 aromatic heterocycles. The average molecular weight is 906 g/mol. The SMILES string of the molecule is C[C@@H]1[C@@H](C(=O)N[C@@H]2C(=O)N3CCC[C@H](N3)C(=O)OCC(C)(C)Cc3c(-c4cccnc4)n([C@H]4CC[C@H](C#N)C4)c4ccc(cc34)-c3coc(n3)[C@H]2N2CC3(CCCN3C)C2)[C@@H]1c1ccncn1. The molecule has 348 valence electrons. The first-order valence-corrected chi connectivity index (χ1v) is 24.1. The van der Waals surface area contributed by atoms with E-state index in [4.69, 9.17) is 14.1 Å². The Morgan fingerprint density at radius 2 is 1.90 bits per heavy atom. The van der Waals surface area contributed by atoms with Crippen molar-refractivity contribution in [3.63, 3.8) is 0 Å². The van der Waals surface area contributed by atoms with E-state index in [-0.39, 0.29) is 47.8 Å². The molecule has 1 spiro atoms. The van der Waals surface area contributed by atoms with Crippen molar-refractivity contribution in [1.29, 1.82) is 5.26 Å². The van der Waals surface area contributed by atoms with E-state index in [2.05, 4.69) is 91.3 Å². The molecule has 0 unspecified atom stereocenters. The number of fused-ring (bicyclic) bond motifs is 6. The third-order valence-corrected chi connectivity index (χ3v) is 15.9. The first-order chi connectivity index (χ1) is 32.4. The number of carbonyl (C=O) groups is 3. The Bertz CT molecular complexity index is 2740. The number of amides is 2. The van der Waals surface area contributed by atoms with Crippen LogP contribution in [0.25, 0.3) is 33.4 Å². The number of hydrogen-bond acceptors (Lipinski definition) is 13. The third kappa shape index (κ3) is 7.78. The summed E-state index contributed by atoms with van der Waals surface area (Å²) in [4.78, 5) is 67.1. The molecule has 16 heteroatoms. The monoisotopic (exact) mass is 905 g/mol. The maximum Gasteiger partial charge on any atom is 0.324 e. The number of hydrazine groups is 1. The summed E-state index contributed by atoms with van der Waals surface area (Å²) in [5.41, 5.74) is 9.11. The minimum absolute atomic E-state index is 0.00159. The largest absolute Gasteiger partial charge is 0.464 e. The predicted octanol–water partition coefficient (Wildman–Crippen LogP) is 5.99. The molecule has 0 radical (unpaired) electrons. The van der Waals surface area contributed by atoms with E-state index >= 15 is 4.79 Å². The van der Waals surface area contributed by atoms with Gasteiger partial charge in [0.1, 0.15) is 36.4 Å². The lowest BCUT2D eigenvalue weighted by atomic mass is 9.84. The number of carbonyl (C=O) groups excluding carboxylic acids is 3. The van der Waals surface area contributed by atoms with Crippen molar-refractivity contribution in [3.05, 3.63) is 84.7 Å². The summed E-state index contributed by atoms with van der Waals surface area (Å²) in [5, 5.41) is 15.8. The number of hydrogen-bond donors (Lipinski definition) is 2. The summed E-state index contributed by atoms with van der Waals surface area (Å²) in [6.45, 7) is 9.07. The summed E-state index contributed by atoms with van der Waals surface area (Å²) in [7, 11) is 2.16. The van der Waals surface area contributed by atoms with Gasteiger partial charge in [-0.1, -0.05) is 26.8 Å². The van der Waals surface area contributed by atoms with Crippen LogP contribution in [-0.4, -0.2) is 115 Å². The molecule has 6 aliphatic rings. The molecular formula is C51H59N11O5. The number of nitriles is 1. The standard InChI is InChI=1S/C51H59N11O5/c1-30-41(37-14-17-54-29-55-37)42(30)46(63)57-43-45(60-26-51(27-60)15-7-18-59(51)4)47-56-39(25-66-47)32-11-13-40-35(21-32)36(22-50(2,3)28-67-49(65)38-9-6-19-61(58-38)48(43)64)44(33-8-5-16-53-24-33)62(40)34-12-10-31(20-34)23-52/h5,8,11,13-14,16-17,21,24-25,29-31,34,38,41-43,45,58H,6-7,9-10,12,15,18-20,22,26-28H2,1-4H3,(H,57,63)/t30-,31-,34-,38-,41-,42+,43-,45-/m0/s1. The van der Waals surface area contributed by atoms with Crippen LogP contribution in [0.15, 0.2) is 72.0 Å². The molecule has 5 fully saturated rings. The summed E-state index contributed by atoms with van der Waals surface area (Å²) in [5.74, 6) is -1.26. The van der Waals surface area contributed by atoms with Crippen LogP contribution in [0.4, 0.5) is 0 Å². The first-order valence-electron chi connectivity index (χ1n) is 24.1. The Morgan fingerprint density at radius 3 is 2.64 bits per heavy atom. The van der Waals surface area contributed by atoms with Gasteiger partial charge in [-0.05, 0) is 107 Å². The molecule has 8 heterocycles. The molecule has 2 N–H and O–H groups in total. The summed E-state index contributed by atoms with van der Waals surface area (Å²) >= 11 is 0. The van der Waals surface area contributed by atoms with Gasteiger partial charge >= 0.3 is 5.97 Å². The Morgan fingerprint density at radius 1 is 1.03 bits per heavy atom. The molecule has 8 atom stereocenters. The minimum Gasteiger partial charge on any atom is -0.464 e. The van der Waals surface area contributed by atoms with Crippen molar-refractivity contribution in [2.75, 3.05) is 39.8 Å². The Kier molecular flexibility index (Phi) is 11.0. The highest BCUT2D eigenvalue weighted by atomic mass is 16.5. The molecule has 1 aromatic carbocycles. The van der Waals surface area contributed by atoms with Crippen molar-refractivity contribution < 1.29 is 23.5 Å². The number of likely N-dealkylation sites (tertiary alicyclic amines) is 2. The van der Waals surface area contributed by atoms with Crippen molar-refractivity contribution >= 4 is 28.7 Å². The molecule has 2 aliphatic carbocycles. The van der Waals surface area contributed by atoms with E-state index in [1.165, 1.54) is 11.3 Å². The highest BCUT2D eigenvalue weighted by Gasteiger charge is 2.57. The summed E-state index contributed by atoms with van der Waals surface area (Å²) < 4.78 is 15.2. The van der Waals surface area contributed by atoms with E-state index < -0.39 is 35.4 Å². The average Bonchev–Trinajstić information content (AvgIpc) is 3.87. The number of pyridine rings is 1. The zero-order valence-corrected chi connectivity index (χ0v) is 38.7. The fourth-order valence-corrected chi connectivity index (χ4v) is 12.2. The van der Waals surface area contributed by atoms with E-state index in [1.807, 2.05) is 25.3 Å². The number of rotatable bonds is 6. The van der Waals surface area contributed by atoms with Gasteiger partial charge in [0.05, 0.1) is 18.4 Å². The van der Waals surface area contributed by atoms with E-state index in [0.717, 1.165) is 77.6 Å². The van der Waals surface area contributed by atoms with Gasteiger partial charge in [0.15, 0.2) is 0 Å². The van der Waals surface area contributed by atoms with Gasteiger partial charge in [-0.2, -0.15) is 5.26 Å². The lowest BCUT2D eigenvalue weighted by molar-refractivity contribution is -0.157. The maximum absolute atomic E-state index is 15.3. The molecule has 5 aromatic rings. The van der Waals surface area contributed by atoms with Gasteiger partial charge in [-0.25, -0.2) is 20.4 Å². The normalized spacial score (nSPS) is 29.6. The van der Waals surface area contributed by atoms with Crippen molar-refractivity contribution in [2.45, 2.75) is 108 Å². The Hall–Kier alpha value is -6.02. The number of nitrogens with zero attached hydrogens (tertiary/aromatic N) is 9. The molecule has 67 heavy (non-hydrogen) atoms. The van der Waals surface area contributed by atoms with Crippen LogP contribution < -0.4 is 10.7 Å². The van der Waals surface area contributed by atoms with Crippen molar-refractivity contribution in [1.82, 2.24) is 50.1 Å². The number of likely N-dealkylation sites (N-methyl/N-ethyl adjacent to an activating group) is 1. The molecule has 6 bridgehead atoms.